The van der Waals surface area contributed by atoms with E-state index in [2.05, 4.69) is 34.1 Å². The average molecular weight is 362 g/mol. The van der Waals surface area contributed by atoms with Crippen LogP contribution < -0.4 is 0 Å². The Labute approximate surface area is 149 Å². The van der Waals surface area contributed by atoms with E-state index in [-0.39, 0.29) is 0 Å². The number of aromatic amines is 1. The van der Waals surface area contributed by atoms with Gasteiger partial charge in [0.25, 0.3) is 10.2 Å². The van der Waals surface area contributed by atoms with E-state index in [1.54, 1.807) is 18.4 Å². The third kappa shape index (κ3) is 3.21. The van der Waals surface area contributed by atoms with Crippen molar-refractivity contribution in [3.05, 3.63) is 36.0 Å². The van der Waals surface area contributed by atoms with Crippen molar-refractivity contribution in [2.75, 3.05) is 33.7 Å². The molecule has 4 heterocycles. The summed E-state index contributed by atoms with van der Waals surface area (Å²) in [6.07, 6.45) is 4.17. The summed E-state index contributed by atoms with van der Waals surface area (Å²) in [5, 5.41) is 1.23. The van der Waals surface area contributed by atoms with Crippen LogP contribution in [0.4, 0.5) is 0 Å². The van der Waals surface area contributed by atoms with Crippen LogP contribution in [-0.2, 0) is 16.8 Å². The van der Waals surface area contributed by atoms with Crippen molar-refractivity contribution in [3.63, 3.8) is 0 Å². The van der Waals surface area contributed by atoms with Gasteiger partial charge in [0.1, 0.15) is 0 Å². The molecule has 1 aromatic carbocycles. The lowest BCUT2D eigenvalue weighted by Gasteiger charge is -2.36. The lowest BCUT2D eigenvalue weighted by molar-refractivity contribution is 0.125. The minimum absolute atomic E-state index is 0.301. The van der Waals surface area contributed by atoms with Crippen LogP contribution in [0.1, 0.15) is 18.4 Å². The molecule has 0 amide bonds. The summed E-state index contributed by atoms with van der Waals surface area (Å²) < 4.78 is 28.2. The number of hydrogen-bond donors (Lipinski definition) is 1. The van der Waals surface area contributed by atoms with Gasteiger partial charge in [0, 0.05) is 58.0 Å². The van der Waals surface area contributed by atoms with Gasteiger partial charge in [-0.15, -0.1) is 0 Å². The van der Waals surface area contributed by atoms with Gasteiger partial charge in [0.15, 0.2) is 0 Å². The first-order chi connectivity index (χ1) is 11.9. The molecule has 2 bridgehead atoms. The summed E-state index contributed by atoms with van der Waals surface area (Å²) >= 11 is 0. The molecule has 6 nitrogen and oxygen atoms in total. The highest BCUT2D eigenvalue weighted by Crippen LogP contribution is 2.31. The van der Waals surface area contributed by atoms with Crippen molar-refractivity contribution in [2.24, 2.45) is 5.92 Å². The maximum Gasteiger partial charge on any atom is 0.281 e. The van der Waals surface area contributed by atoms with Gasteiger partial charge in [-0.3, -0.25) is 4.90 Å². The molecule has 3 aliphatic heterocycles. The highest BCUT2D eigenvalue weighted by molar-refractivity contribution is 7.86. The first kappa shape index (κ1) is 17.0. The lowest BCUT2D eigenvalue weighted by Crippen LogP contribution is -2.45. The number of hydrogen-bond acceptors (Lipinski definition) is 3. The van der Waals surface area contributed by atoms with Crippen molar-refractivity contribution in [1.82, 2.24) is 18.5 Å². The molecule has 7 heteroatoms. The van der Waals surface area contributed by atoms with E-state index < -0.39 is 10.2 Å². The number of nitrogens with zero attached hydrogens (tertiary/aromatic N) is 3. The average Bonchev–Trinajstić information content (AvgIpc) is 2.84. The number of piperidine rings is 1. The Morgan fingerprint density at radius 3 is 2.80 bits per heavy atom. The number of benzene rings is 1. The molecular weight excluding hydrogens is 336 g/mol. The van der Waals surface area contributed by atoms with Crippen molar-refractivity contribution in [3.8, 4) is 0 Å². The maximum atomic E-state index is 12.6. The van der Waals surface area contributed by atoms with Gasteiger partial charge in [0.2, 0.25) is 0 Å². The molecule has 0 unspecified atom stereocenters. The Morgan fingerprint density at radius 1 is 1.16 bits per heavy atom. The Morgan fingerprint density at radius 2 is 2.00 bits per heavy atom. The van der Waals surface area contributed by atoms with E-state index in [4.69, 9.17) is 0 Å². The van der Waals surface area contributed by atoms with Crippen molar-refractivity contribution in [2.45, 2.75) is 25.4 Å². The summed E-state index contributed by atoms with van der Waals surface area (Å²) in [5.41, 5.74) is 2.45. The van der Waals surface area contributed by atoms with E-state index in [1.165, 1.54) is 15.3 Å². The highest BCUT2D eigenvalue weighted by Gasteiger charge is 2.39. The van der Waals surface area contributed by atoms with Gasteiger partial charge in [-0.05, 0) is 47.9 Å². The second-order valence-corrected chi connectivity index (χ2v) is 9.68. The molecule has 5 rings (SSSR count). The number of nitrogens with one attached hydrogen (secondary N) is 1. The third-order valence-corrected chi connectivity index (χ3v) is 7.46. The first-order valence-electron chi connectivity index (χ1n) is 8.91. The van der Waals surface area contributed by atoms with Crippen LogP contribution in [0.15, 0.2) is 30.5 Å². The van der Waals surface area contributed by atoms with Gasteiger partial charge >= 0.3 is 0 Å². The fraction of sp³-hybridized carbons (Fsp3) is 0.556. The zero-order valence-corrected chi connectivity index (χ0v) is 15.7. The van der Waals surface area contributed by atoms with Gasteiger partial charge in [-0.2, -0.15) is 17.0 Å². The van der Waals surface area contributed by atoms with Gasteiger partial charge in [0.05, 0.1) is 0 Å². The highest BCUT2D eigenvalue weighted by atomic mass is 32.2. The summed E-state index contributed by atoms with van der Waals surface area (Å²) in [6, 6.07) is 8.93. The summed E-state index contributed by atoms with van der Waals surface area (Å²) in [4.78, 5) is 5.71. The largest absolute Gasteiger partial charge is 0.361 e. The van der Waals surface area contributed by atoms with Crippen molar-refractivity contribution >= 4 is 21.1 Å². The summed E-state index contributed by atoms with van der Waals surface area (Å²) in [7, 11) is -0.0967. The Balaban J connectivity index is 1.54. The molecule has 0 aliphatic carbocycles. The molecule has 1 N–H and O–H groups in total. The summed E-state index contributed by atoms with van der Waals surface area (Å²) in [5.74, 6) is 0.421. The van der Waals surface area contributed by atoms with Crippen molar-refractivity contribution in [1.29, 1.82) is 0 Å². The quantitative estimate of drug-likeness (QED) is 0.903. The van der Waals surface area contributed by atoms with Crippen LogP contribution >= 0.6 is 0 Å². The summed E-state index contributed by atoms with van der Waals surface area (Å²) in [6.45, 7) is 3.11. The number of rotatable bonds is 4. The number of aromatic nitrogens is 1. The third-order valence-electron chi connectivity index (χ3n) is 5.58. The van der Waals surface area contributed by atoms with E-state index in [1.807, 2.05) is 6.20 Å². The van der Waals surface area contributed by atoms with Crippen LogP contribution in [0, 0.1) is 5.92 Å². The molecule has 0 saturated carbocycles. The van der Waals surface area contributed by atoms with E-state index in [0.717, 1.165) is 31.4 Å². The molecule has 0 spiro atoms. The first-order valence-corrected chi connectivity index (χ1v) is 10.3. The number of H-pyrrole nitrogens is 1. The topological polar surface area (TPSA) is 59.7 Å². The normalized spacial score (nSPS) is 25.7. The molecule has 2 atom stereocenters. The standard InChI is InChI=1S/C18H26N4O2S/c1-20(2)25(23,24)22-12-15-3-5-17(13-22)21(11-15)10-14-4-6-18-16(9-14)7-8-19-18/h4,6-9,15,17,19H,3,5,10-13H2,1-2H3/t15-,17-/m1/s1. The lowest BCUT2D eigenvalue weighted by atomic mass is 9.94. The molecule has 0 radical (unpaired) electrons. The minimum Gasteiger partial charge on any atom is -0.361 e. The van der Waals surface area contributed by atoms with E-state index in [0.29, 0.717) is 25.0 Å². The zero-order valence-electron chi connectivity index (χ0n) is 14.9. The predicted octanol–water partition coefficient (Wildman–Crippen LogP) is 1.87. The van der Waals surface area contributed by atoms with Crippen LogP contribution in [0.5, 0.6) is 0 Å². The molecule has 3 saturated heterocycles. The SMILES string of the molecule is CN(C)S(=O)(=O)N1C[C@@H]2CC[C@H](C1)N(Cc1ccc3[nH]ccc3c1)C2. The van der Waals surface area contributed by atoms with Gasteiger partial charge < -0.3 is 4.98 Å². The smallest absolute Gasteiger partial charge is 0.281 e. The van der Waals surface area contributed by atoms with E-state index >= 15 is 0 Å². The van der Waals surface area contributed by atoms with E-state index in [9.17, 15) is 8.42 Å². The number of fused-ring (bicyclic) bond motifs is 5. The molecule has 3 aliphatic rings. The predicted molar refractivity (Wildman–Crippen MR) is 99.4 cm³/mol. The molecule has 25 heavy (non-hydrogen) atoms. The second-order valence-electron chi connectivity index (χ2n) is 7.53. The fourth-order valence-corrected chi connectivity index (χ4v) is 5.41. The van der Waals surface area contributed by atoms with Crippen LogP contribution in [0.25, 0.3) is 10.9 Å². The minimum atomic E-state index is -3.33. The maximum absolute atomic E-state index is 12.6. The fourth-order valence-electron chi connectivity index (χ4n) is 4.18. The molecule has 2 aromatic rings. The second kappa shape index (κ2) is 6.39. The van der Waals surface area contributed by atoms with Crippen molar-refractivity contribution < 1.29 is 8.42 Å². The molecule has 1 aromatic heterocycles. The molecule has 136 valence electrons. The Hall–Kier alpha value is -1.41. The monoisotopic (exact) mass is 362 g/mol. The van der Waals surface area contributed by atoms with Gasteiger partial charge in [-0.25, -0.2) is 0 Å². The molecule has 3 fully saturated rings. The zero-order chi connectivity index (χ0) is 17.6. The van der Waals surface area contributed by atoms with Crippen LogP contribution in [0.2, 0.25) is 0 Å². The Bertz CT molecular complexity index is 861. The van der Waals surface area contributed by atoms with Crippen LogP contribution in [-0.4, -0.2) is 66.7 Å². The van der Waals surface area contributed by atoms with Crippen LogP contribution in [0.3, 0.4) is 0 Å². The molecular formula is C18H26N4O2S. The Kier molecular flexibility index (Phi) is 4.35. The van der Waals surface area contributed by atoms with Gasteiger partial charge in [-0.1, -0.05) is 6.07 Å².